The minimum absolute atomic E-state index is 0.0288. The molecule has 0 radical (unpaired) electrons. The Kier molecular flexibility index (Phi) is 4.55. The second-order valence-electron chi connectivity index (χ2n) is 9.66. The van der Waals surface area contributed by atoms with E-state index in [2.05, 4.69) is 0 Å². The zero-order chi connectivity index (χ0) is 19.5. The van der Waals surface area contributed by atoms with Crippen molar-refractivity contribution < 1.29 is 13.2 Å². The summed E-state index contributed by atoms with van der Waals surface area (Å²) >= 11 is 6.30. The minimum Gasteiger partial charge on any atom is -0.341 e. The second-order valence-corrected chi connectivity index (χ2v) is 12.4. The van der Waals surface area contributed by atoms with Crippen molar-refractivity contribution in [1.82, 2.24) is 4.90 Å². The number of benzene rings is 1. The maximum atomic E-state index is 13.6. The molecule has 6 rings (SSSR count). The molecule has 152 valence electrons. The predicted octanol–water partition coefficient (Wildman–Crippen LogP) is 4.24. The van der Waals surface area contributed by atoms with Crippen LogP contribution in [-0.4, -0.2) is 38.1 Å². The van der Waals surface area contributed by atoms with Crippen molar-refractivity contribution in [3.05, 3.63) is 34.9 Å². The molecule has 5 fully saturated rings. The molecule has 0 spiro atoms. The topological polar surface area (TPSA) is 54.5 Å². The van der Waals surface area contributed by atoms with Gasteiger partial charge in [-0.3, -0.25) is 4.79 Å². The normalized spacial score (nSPS) is 39.0. The van der Waals surface area contributed by atoms with Crippen LogP contribution in [0.4, 0.5) is 0 Å². The lowest BCUT2D eigenvalue weighted by Gasteiger charge is -2.56. The summed E-state index contributed by atoms with van der Waals surface area (Å²) in [6, 6.07) is 7.20. The Morgan fingerprint density at radius 3 is 2.21 bits per heavy atom. The first-order chi connectivity index (χ1) is 13.4. The van der Waals surface area contributed by atoms with Crippen LogP contribution in [0, 0.1) is 23.2 Å². The van der Waals surface area contributed by atoms with Gasteiger partial charge in [-0.1, -0.05) is 29.8 Å². The Morgan fingerprint density at radius 1 is 1.00 bits per heavy atom. The molecule has 1 atom stereocenters. The summed E-state index contributed by atoms with van der Waals surface area (Å²) in [5.74, 6) is 2.40. The fraction of sp³-hybridized carbons (Fsp3) is 0.682. The van der Waals surface area contributed by atoms with E-state index in [-0.39, 0.29) is 17.1 Å². The molecule has 1 saturated heterocycles. The molecule has 1 aliphatic heterocycles. The third-order valence-electron chi connectivity index (χ3n) is 7.77. The van der Waals surface area contributed by atoms with Gasteiger partial charge in [0.15, 0.2) is 9.84 Å². The SMILES string of the molecule is O=C(N1CCC(c2ccccc2Cl)S(=O)(=O)CC1)C12CC3CC(CC(C3)C1)C2. The van der Waals surface area contributed by atoms with Crippen LogP contribution in [0.5, 0.6) is 0 Å². The van der Waals surface area contributed by atoms with Crippen LogP contribution in [0.15, 0.2) is 24.3 Å². The molecule has 28 heavy (non-hydrogen) atoms. The predicted molar refractivity (Wildman–Crippen MR) is 110 cm³/mol. The molecule has 1 unspecified atom stereocenters. The van der Waals surface area contributed by atoms with Gasteiger partial charge in [0.25, 0.3) is 0 Å². The number of sulfone groups is 1. The summed E-state index contributed by atoms with van der Waals surface area (Å²) in [5.41, 5.74) is 0.469. The van der Waals surface area contributed by atoms with E-state index in [1.54, 1.807) is 12.1 Å². The fourth-order valence-electron chi connectivity index (χ4n) is 6.94. The van der Waals surface area contributed by atoms with Crippen LogP contribution in [-0.2, 0) is 14.6 Å². The molecule has 4 bridgehead atoms. The smallest absolute Gasteiger partial charge is 0.228 e. The van der Waals surface area contributed by atoms with E-state index in [1.807, 2.05) is 17.0 Å². The molecule has 4 saturated carbocycles. The van der Waals surface area contributed by atoms with E-state index in [0.29, 0.717) is 47.9 Å². The molecule has 1 amide bonds. The van der Waals surface area contributed by atoms with Gasteiger partial charge in [0.05, 0.1) is 16.4 Å². The van der Waals surface area contributed by atoms with Gasteiger partial charge in [0, 0.05) is 18.1 Å². The lowest BCUT2D eigenvalue weighted by molar-refractivity contribution is -0.157. The number of carbonyl (C=O) groups excluding carboxylic acids is 1. The van der Waals surface area contributed by atoms with Gasteiger partial charge in [-0.2, -0.15) is 0 Å². The van der Waals surface area contributed by atoms with Crippen LogP contribution in [0.2, 0.25) is 5.02 Å². The Hall–Kier alpha value is -1.07. The molecule has 4 aliphatic carbocycles. The van der Waals surface area contributed by atoms with Crippen molar-refractivity contribution in [1.29, 1.82) is 0 Å². The zero-order valence-corrected chi connectivity index (χ0v) is 17.7. The van der Waals surface area contributed by atoms with Crippen LogP contribution in [0.25, 0.3) is 0 Å². The highest BCUT2D eigenvalue weighted by atomic mass is 35.5. The summed E-state index contributed by atoms with van der Waals surface area (Å²) < 4.78 is 25.9. The fourth-order valence-corrected chi connectivity index (χ4v) is 9.09. The van der Waals surface area contributed by atoms with Crippen molar-refractivity contribution in [2.45, 2.75) is 50.2 Å². The largest absolute Gasteiger partial charge is 0.341 e. The molecule has 0 aromatic heterocycles. The van der Waals surface area contributed by atoms with Crippen LogP contribution < -0.4 is 0 Å². The summed E-state index contributed by atoms with van der Waals surface area (Å²) in [7, 11) is -3.34. The van der Waals surface area contributed by atoms with Crippen molar-refractivity contribution in [3.8, 4) is 0 Å². The zero-order valence-electron chi connectivity index (χ0n) is 16.1. The molecular weight excluding hydrogens is 394 g/mol. The number of amides is 1. The van der Waals surface area contributed by atoms with Gasteiger partial charge in [-0.25, -0.2) is 8.42 Å². The molecular formula is C22H28ClNO3S. The first-order valence-corrected chi connectivity index (χ1v) is 12.7. The average Bonchev–Trinajstić information content (AvgIpc) is 2.79. The van der Waals surface area contributed by atoms with Crippen molar-refractivity contribution >= 4 is 27.3 Å². The Morgan fingerprint density at radius 2 is 1.61 bits per heavy atom. The number of nitrogens with zero attached hydrogens (tertiary/aromatic N) is 1. The first kappa shape index (κ1) is 18.9. The van der Waals surface area contributed by atoms with E-state index < -0.39 is 15.1 Å². The lowest BCUT2D eigenvalue weighted by atomic mass is 9.49. The second kappa shape index (κ2) is 6.73. The number of rotatable bonds is 2. The van der Waals surface area contributed by atoms with Gasteiger partial charge in [0.1, 0.15) is 0 Å². The molecule has 0 N–H and O–H groups in total. The van der Waals surface area contributed by atoms with E-state index in [0.717, 1.165) is 19.3 Å². The van der Waals surface area contributed by atoms with Crippen molar-refractivity contribution in [2.24, 2.45) is 23.2 Å². The van der Waals surface area contributed by atoms with Gasteiger partial charge < -0.3 is 4.90 Å². The van der Waals surface area contributed by atoms with Crippen LogP contribution in [0.3, 0.4) is 0 Å². The minimum atomic E-state index is -3.34. The number of hydrogen-bond donors (Lipinski definition) is 0. The highest BCUT2D eigenvalue weighted by Crippen LogP contribution is 2.60. The summed E-state index contributed by atoms with van der Waals surface area (Å²) in [5, 5.41) is -0.118. The van der Waals surface area contributed by atoms with Gasteiger partial charge in [0.2, 0.25) is 5.91 Å². The van der Waals surface area contributed by atoms with Crippen molar-refractivity contribution in [3.63, 3.8) is 0 Å². The van der Waals surface area contributed by atoms with Gasteiger partial charge >= 0.3 is 0 Å². The summed E-state index contributed by atoms with van der Waals surface area (Å²) in [6.45, 7) is 0.833. The van der Waals surface area contributed by atoms with Gasteiger partial charge in [-0.15, -0.1) is 0 Å². The Balaban J connectivity index is 1.38. The van der Waals surface area contributed by atoms with E-state index in [4.69, 9.17) is 11.6 Å². The quantitative estimate of drug-likeness (QED) is 0.717. The molecule has 1 aromatic rings. The highest BCUT2D eigenvalue weighted by molar-refractivity contribution is 7.91. The maximum Gasteiger partial charge on any atom is 0.228 e. The van der Waals surface area contributed by atoms with Crippen molar-refractivity contribution in [2.75, 3.05) is 18.8 Å². The summed E-state index contributed by atoms with van der Waals surface area (Å²) in [6.07, 6.45) is 7.41. The Bertz CT molecular complexity index is 862. The van der Waals surface area contributed by atoms with E-state index in [1.165, 1.54) is 19.3 Å². The molecule has 4 nitrogen and oxygen atoms in total. The van der Waals surface area contributed by atoms with Crippen LogP contribution in [0.1, 0.15) is 55.8 Å². The molecule has 5 aliphatic rings. The number of hydrogen-bond acceptors (Lipinski definition) is 3. The molecule has 6 heteroatoms. The monoisotopic (exact) mass is 421 g/mol. The van der Waals surface area contributed by atoms with E-state index >= 15 is 0 Å². The van der Waals surface area contributed by atoms with E-state index in [9.17, 15) is 13.2 Å². The third-order valence-corrected chi connectivity index (χ3v) is 10.2. The molecule has 1 aromatic carbocycles. The third kappa shape index (κ3) is 3.09. The van der Waals surface area contributed by atoms with Crippen LogP contribution >= 0.6 is 11.6 Å². The lowest BCUT2D eigenvalue weighted by Crippen LogP contribution is -2.55. The van der Waals surface area contributed by atoms with Gasteiger partial charge in [-0.05, 0) is 74.3 Å². The standard InChI is InChI=1S/C22H28ClNO3S/c23-19-4-2-1-3-18(19)20-5-6-24(7-8-28(20,26)27)21(25)22-12-15-9-16(13-22)11-17(10-15)14-22/h1-4,15-17,20H,5-14H2. The molecule has 1 heterocycles. The summed E-state index contributed by atoms with van der Waals surface area (Å²) in [4.78, 5) is 15.5. The maximum absolute atomic E-state index is 13.6. The Labute approximate surface area is 172 Å². The first-order valence-electron chi connectivity index (χ1n) is 10.6. The number of halogens is 1. The number of carbonyl (C=O) groups is 1. The average molecular weight is 422 g/mol. The highest BCUT2D eigenvalue weighted by Gasteiger charge is 2.55.